The minimum absolute atomic E-state index is 0.0551. The molecule has 0 atom stereocenters. The molecule has 0 bridgehead atoms. The Hall–Kier alpha value is -3.02. The topological polar surface area (TPSA) is 93.1 Å². The summed E-state index contributed by atoms with van der Waals surface area (Å²) in [5, 5.41) is 20.9. The molecule has 6 nitrogen and oxygen atoms in total. The molecule has 0 aliphatic heterocycles. The predicted molar refractivity (Wildman–Crippen MR) is 173 cm³/mol. The second-order valence-electron chi connectivity index (χ2n) is 16.2. The summed E-state index contributed by atoms with van der Waals surface area (Å²) in [6.07, 6.45) is 0. The predicted octanol–water partition coefficient (Wildman–Crippen LogP) is 8.57. The first-order valence-corrected chi connectivity index (χ1v) is 15.2. The van der Waals surface area contributed by atoms with E-state index in [-0.39, 0.29) is 24.7 Å². The van der Waals surface area contributed by atoms with E-state index < -0.39 is 49.8 Å². The third kappa shape index (κ3) is 5.91. The SMILES string of the molecule is CC(=O)OCC(COC(C)=O)(C(c1ccc(O)cc1)(C(C)(C)C)C(C)(C)C)C(c1ccc(O)cc1)(C(C)(C)C)C(C)(C)C. The first-order chi connectivity index (χ1) is 19.3. The normalized spacial score (nSPS) is 13.9. The van der Waals surface area contributed by atoms with Crippen LogP contribution in [0.4, 0.5) is 0 Å². The molecule has 43 heavy (non-hydrogen) atoms. The van der Waals surface area contributed by atoms with Crippen LogP contribution in [0.2, 0.25) is 0 Å². The Morgan fingerprint density at radius 3 is 0.930 bits per heavy atom. The summed E-state index contributed by atoms with van der Waals surface area (Å²) in [5.41, 5.74) is -3.19. The molecule has 240 valence electrons. The number of phenols is 2. The Kier molecular flexibility index (Phi) is 9.94. The van der Waals surface area contributed by atoms with Gasteiger partial charge < -0.3 is 19.7 Å². The molecule has 0 saturated carbocycles. The molecule has 0 aliphatic rings. The van der Waals surface area contributed by atoms with Gasteiger partial charge in [-0.15, -0.1) is 0 Å². The van der Waals surface area contributed by atoms with Crippen LogP contribution in [0.5, 0.6) is 11.5 Å². The second kappa shape index (κ2) is 11.8. The number of carbonyl (C=O) groups is 2. The fraction of sp³-hybridized carbons (Fsp3) is 0.622. The Morgan fingerprint density at radius 1 is 0.512 bits per heavy atom. The number of phenolic OH excluding ortho intramolecular Hbond substituents is 2. The number of hydrogen-bond acceptors (Lipinski definition) is 6. The average molecular weight is 597 g/mol. The van der Waals surface area contributed by atoms with Crippen LogP contribution < -0.4 is 0 Å². The molecule has 0 unspecified atom stereocenters. The first kappa shape index (κ1) is 36.2. The van der Waals surface area contributed by atoms with Crippen molar-refractivity contribution >= 4 is 11.9 Å². The van der Waals surface area contributed by atoms with Gasteiger partial charge in [0.05, 0.1) is 5.41 Å². The molecule has 2 aromatic rings. The number of carbonyl (C=O) groups excluding carboxylic acids is 2. The number of esters is 2. The van der Waals surface area contributed by atoms with Crippen molar-refractivity contribution in [1.82, 2.24) is 0 Å². The maximum absolute atomic E-state index is 12.8. The van der Waals surface area contributed by atoms with E-state index in [9.17, 15) is 19.8 Å². The van der Waals surface area contributed by atoms with Crippen LogP contribution in [0.1, 0.15) is 108 Å². The highest BCUT2D eigenvalue weighted by molar-refractivity contribution is 5.67. The summed E-state index contributed by atoms with van der Waals surface area (Å²) in [5.74, 6) is -0.584. The van der Waals surface area contributed by atoms with Crippen LogP contribution >= 0.6 is 0 Å². The van der Waals surface area contributed by atoms with Crippen LogP contribution in [-0.4, -0.2) is 35.4 Å². The molecule has 0 aromatic heterocycles. The Balaban J connectivity index is 3.61. The lowest BCUT2D eigenvalue weighted by atomic mass is 9.29. The Morgan fingerprint density at radius 2 is 0.744 bits per heavy atom. The van der Waals surface area contributed by atoms with E-state index in [1.807, 2.05) is 24.3 Å². The largest absolute Gasteiger partial charge is 0.508 e. The number of aromatic hydroxyl groups is 2. The summed E-state index contributed by atoms with van der Waals surface area (Å²) in [6.45, 7) is 29.0. The molecule has 0 radical (unpaired) electrons. The molecule has 0 aliphatic carbocycles. The van der Waals surface area contributed by atoms with Gasteiger partial charge in [-0.3, -0.25) is 9.59 Å². The quantitative estimate of drug-likeness (QED) is 0.297. The summed E-state index contributed by atoms with van der Waals surface area (Å²) in [7, 11) is 0. The Bertz CT molecular complexity index is 1130. The summed E-state index contributed by atoms with van der Waals surface area (Å²) in [6, 6.07) is 14.6. The third-order valence-electron chi connectivity index (χ3n) is 9.58. The zero-order valence-electron chi connectivity index (χ0n) is 29.1. The van der Waals surface area contributed by atoms with E-state index >= 15 is 0 Å². The molecule has 6 heteroatoms. The van der Waals surface area contributed by atoms with Crippen LogP contribution in [-0.2, 0) is 29.9 Å². The Labute approximate surface area is 260 Å². The van der Waals surface area contributed by atoms with Crippen LogP contribution in [0.3, 0.4) is 0 Å². The van der Waals surface area contributed by atoms with E-state index in [4.69, 9.17) is 9.47 Å². The molecule has 2 rings (SSSR count). The van der Waals surface area contributed by atoms with Gasteiger partial charge in [-0.2, -0.15) is 0 Å². The highest BCUT2D eigenvalue weighted by atomic mass is 16.5. The van der Waals surface area contributed by atoms with E-state index in [2.05, 4.69) is 83.1 Å². The van der Waals surface area contributed by atoms with Gasteiger partial charge in [0.25, 0.3) is 0 Å². The van der Waals surface area contributed by atoms with Gasteiger partial charge >= 0.3 is 11.9 Å². The minimum atomic E-state index is -1.13. The number of ether oxygens (including phenoxy) is 2. The van der Waals surface area contributed by atoms with Gasteiger partial charge in [0.2, 0.25) is 0 Å². The molecule has 0 fully saturated rings. The molecule has 0 heterocycles. The summed E-state index contributed by atoms with van der Waals surface area (Å²) < 4.78 is 12.4. The zero-order chi connectivity index (χ0) is 33.4. The van der Waals surface area contributed by atoms with Crippen LogP contribution in [0.25, 0.3) is 0 Å². The van der Waals surface area contributed by atoms with Crippen LogP contribution in [0.15, 0.2) is 48.5 Å². The number of rotatable bonds is 8. The third-order valence-corrected chi connectivity index (χ3v) is 9.58. The van der Waals surface area contributed by atoms with Crippen molar-refractivity contribution in [1.29, 1.82) is 0 Å². The van der Waals surface area contributed by atoms with Crippen molar-refractivity contribution in [2.24, 2.45) is 27.1 Å². The highest BCUT2D eigenvalue weighted by Crippen LogP contribution is 2.74. The van der Waals surface area contributed by atoms with E-state index in [1.54, 1.807) is 24.3 Å². The van der Waals surface area contributed by atoms with Crippen molar-refractivity contribution in [2.45, 2.75) is 108 Å². The smallest absolute Gasteiger partial charge is 0.302 e. The van der Waals surface area contributed by atoms with Gasteiger partial charge in [-0.05, 0) is 57.1 Å². The number of benzene rings is 2. The van der Waals surface area contributed by atoms with Gasteiger partial charge in [0, 0.05) is 24.7 Å². The lowest BCUT2D eigenvalue weighted by Crippen LogP contribution is -2.76. The van der Waals surface area contributed by atoms with Gasteiger partial charge in [0.15, 0.2) is 0 Å². The first-order valence-electron chi connectivity index (χ1n) is 15.2. The van der Waals surface area contributed by atoms with E-state index in [0.717, 1.165) is 11.1 Å². The highest BCUT2D eigenvalue weighted by Gasteiger charge is 2.76. The molecular formula is C37H56O6. The maximum Gasteiger partial charge on any atom is 0.302 e. The molecule has 2 N–H and O–H groups in total. The van der Waals surface area contributed by atoms with Crippen molar-refractivity contribution < 1.29 is 29.3 Å². The molecule has 2 aromatic carbocycles. The van der Waals surface area contributed by atoms with Crippen molar-refractivity contribution in [3.63, 3.8) is 0 Å². The van der Waals surface area contributed by atoms with Gasteiger partial charge in [0.1, 0.15) is 24.7 Å². The van der Waals surface area contributed by atoms with Gasteiger partial charge in [-0.25, -0.2) is 0 Å². The summed E-state index contributed by atoms with van der Waals surface area (Å²) >= 11 is 0. The lowest BCUT2D eigenvalue weighted by molar-refractivity contribution is -0.229. The molecule has 0 saturated heterocycles. The fourth-order valence-corrected chi connectivity index (χ4v) is 10.0. The van der Waals surface area contributed by atoms with Crippen LogP contribution in [0, 0.1) is 27.1 Å². The van der Waals surface area contributed by atoms with E-state index in [1.165, 1.54) is 13.8 Å². The fourth-order valence-electron chi connectivity index (χ4n) is 10.0. The minimum Gasteiger partial charge on any atom is -0.508 e. The standard InChI is InChI=1S/C37H56O6/c1-25(38)42-23-35(24-43-26(2)39,36(31(3,4)5,32(6,7)8)27-15-19-29(40)20-16-27)37(33(9,10)11,34(12,13)14)28-17-21-30(41)22-18-28/h15-22,40-41H,23-24H2,1-14H3. The second-order valence-corrected chi connectivity index (χ2v) is 16.2. The molecule has 0 amide bonds. The average Bonchev–Trinajstić information content (AvgIpc) is 2.80. The summed E-state index contributed by atoms with van der Waals surface area (Å²) in [4.78, 5) is 25.7. The van der Waals surface area contributed by atoms with E-state index in [0.29, 0.717) is 0 Å². The maximum atomic E-state index is 12.8. The van der Waals surface area contributed by atoms with Crippen molar-refractivity contribution in [3.05, 3.63) is 59.7 Å². The monoisotopic (exact) mass is 596 g/mol. The lowest BCUT2D eigenvalue weighted by Gasteiger charge is -2.74. The zero-order valence-corrected chi connectivity index (χ0v) is 29.1. The van der Waals surface area contributed by atoms with Gasteiger partial charge in [-0.1, -0.05) is 107 Å². The van der Waals surface area contributed by atoms with Crippen molar-refractivity contribution in [2.75, 3.05) is 13.2 Å². The number of hydrogen-bond donors (Lipinski definition) is 2. The van der Waals surface area contributed by atoms with Crippen molar-refractivity contribution in [3.8, 4) is 11.5 Å². The molecular weight excluding hydrogens is 540 g/mol. The molecule has 0 spiro atoms.